The highest BCUT2D eigenvalue weighted by molar-refractivity contribution is 5.97. The van der Waals surface area contributed by atoms with Crippen LogP contribution in [-0.4, -0.2) is 45.3 Å². The van der Waals surface area contributed by atoms with Crippen molar-refractivity contribution >= 4 is 53.3 Å². The first-order valence-corrected chi connectivity index (χ1v) is 12.1. The Morgan fingerprint density at radius 3 is 2.58 bits per heavy atom. The third-order valence-electron chi connectivity index (χ3n) is 6.21. The van der Waals surface area contributed by atoms with Crippen molar-refractivity contribution in [1.29, 1.82) is 5.41 Å². The molecule has 4 rings (SSSR count). The smallest absolute Gasteiger partial charge is 0.289 e. The van der Waals surface area contributed by atoms with E-state index in [2.05, 4.69) is 43.9 Å². The van der Waals surface area contributed by atoms with Crippen molar-refractivity contribution in [2.75, 3.05) is 11.9 Å². The van der Waals surface area contributed by atoms with Crippen molar-refractivity contribution in [3.8, 4) is 0 Å². The number of hydrogen-bond acceptors (Lipinski definition) is 6. The van der Waals surface area contributed by atoms with Crippen LogP contribution >= 0.6 is 24.8 Å². The van der Waals surface area contributed by atoms with E-state index in [1.54, 1.807) is 6.20 Å². The van der Waals surface area contributed by atoms with E-state index in [1.165, 1.54) is 0 Å². The topological polar surface area (TPSA) is 116 Å². The average molecular weight is 533 g/mol. The van der Waals surface area contributed by atoms with Gasteiger partial charge in [0.2, 0.25) is 5.82 Å². The third kappa shape index (κ3) is 7.27. The molecule has 1 aliphatic carbocycles. The fourth-order valence-corrected chi connectivity index (χ4v) is 4.33. The van der Waals surface area contributed by atoms with E-state index in [0.717, 1.165) is 55.0 Å². The van der Waals surface area contributed by atoms with Gasteiger partial charge in [-0.1, -0.05) is 43.9 Å². The van der Waals surface area contributed by atoms with Crippen LogP contribution in [0.4, 0.5) is 5.82 Å². The zero-order valence-corrected chi connectivity index (χ0v) is 22.3. The maximum absolute atomic E-state index is 12.7. The Morgan fingerprint density at radius 1 is 1.08 bits per heavy atom. The number of aryl methyl sites for hydroxylation is 1. The van der Waals surface area contributed by atoms with Gasteiger partial charge in [-0.05, 0) is 50.5 Å². The first kappa shape index (κ1) is 29.3. The van der Waals surface area contributed by atoms with Crippen LogP contribution < -0.4 is 16.0 Å². The van der Waals surface area contributed by atoms with Crippen LogP contribution in [0.3, 0.4) is 0 Å². The van der Waals surface area contributed by atoms with E-state index in [4.69, 9.17) is 5.41 Å². The van der Waals surface area contributed by atoms with Crippen LogP contribution in [0.15, 0.2) is 42.6 Å². The second kappa shape index (κ2) is 13.9. The molecule has 0 aliphatic heterocycles. The van der Waals surface area contributed by atoms with Crippen LogP contribution in [0, 0.1) is 12.3 Å². The Kier molecular flexibility index (Phi) is 11.3. The van der Waals surface area contributed by atoms with Crippen molar-refractivity contribution < 1.29 is 4.79 Å². The van der Waals surface area contributed by atoms with Gasteiger partial charge in [0, 0.05) is 30.2 Å². The van der Waals surface area contributed by atoms with Crippen LogP contribution in [0.2, 0.25) is 0 Å². The molecule has 8 nitrogen and oxygen atoms in total. The largest absolute Gasteiger partial charge is 0.365 e. The van der Waals surface area contributed by atoms with Crippen molar-refractivity contribution in [2.45, 2.75) is 64.5 Å². The lowest BCUT2D eigenvalue weighted by atomic mass is 9.90. The molecular weight excluding hydrogens is 497 g/mol. The first-order valence-electron chi connectivity index (χ1n) is 12.1. The number of nitrogens with zero attached hydrogens (tertiary/aromatic N) is 3. The summed E-state index contributed by atoms with van der Waals surface area (Å²) in [5.41, 5.74) is 2.47. The molecule has 2 heterocycles. The zero-order chi connectivity index (χ0) is 23.9. The number of aromatic nitrogens is 3. The maximum Gasteiger partial charge on any atom is 0.289 e. The Hall–Kier alpha value is -2.97. The lowest BCUT2D eigenvalue weighted by Crippen LogP contribution is -2.49. The minimum absolute atomic E-state index is 0. The van der Waals surface area contributed by atoms with Gasteiger partial charge in [0.25, 0.3) is 5.91 Å². The van der Waals surface area contributed by atoms with E-state index in [9.17, 15) is 4.79 Å². The van der Waals surface area contributed by atoms with Crippen molar-refractivity contribution in [1.82, 2.24) is 25.6 Å². The molecule has 1 saturated carbocycles. The number of hydrogen-bond donors (Lipinski definition) is 4. The SMILES string of the molecule is CCCCNC(=O)c1nc(N[C@H]2CCCC[C@H]2NC(=N)c2ccccn2)c2cc(C)ccc2n1.Cl.Cl. The number of nitrogens with one attached hydrogen (secondary N) is 4. The standard InChI is InChI=1S/C26H33N7O.2ClH/c1-3-4-14-29-26(34)25-31-19-13-12-17(2)16-18(19)24(33-25)32-21-10-6-5-9-20(21)30-23(27)22-11-7-8-15-28-22;;/h7-8,11-13,15-16,20-21H,3-6,9-10,14H2,1-2H3,(H2,27,30)(H,29,34)(H,31,32,33);2*1H/t20-,21+;;/m1../s1. The molecule has 1 aromatic carbocycles. The van der Waals surface area contributed by atoms with Gasteiger partial charge >= 0.3 is 0 Å². The maximum atomic E-state index is 12.7. The van der Waals surface area contributed by atoms with Crippen LogP contribution in [0.1, 0.15) is 67.3 Å². The third-order valence-corrected chi connectivity index (χ3v) is 6.21. The van der Waals surface area contributed by atoms with E-state index >= 15 is 0 Å². The van der Waals surface area contributed by atoms with E-state index in [-0.39, 0.29) is 48.6 Å². The number of rotatable bonds is 8. The summed E-state index contributed by atoms with van der Waals surface area (Å²) in [6, 6.07) is 11.7. The summed E-state index contributed by atoms with van der Waals surface area (Å²) in [7, 11) is 0. The van der Waals surface area contributed by atoms with Gasteiger partial charge in [0.1, 0.15) is 17.3 Å². The van der Waals surface area contributed by atoms with Gasteiger partial charge < -0.3 is 16.0 Å². The number of anilines is 1. The van der Waals surface area contributed by atoms with Gasteiger partial charge in [-0.3, -0.25) is 15.2 Å². The highest BCUT2D eigenvalue weighted by Gasteiger charge is 2.27. The molecular formula is C26H35Cl2N7O. The number of benzene rings is 1. The van der Waals surface area contributed by atoms with Gasteiger partial charge in [0.15, 0.2) is 0 Å². The van der Waals surface area contributed by atoms with Crippen LogP contribution in [0.5, 0.6) is 0 Å². The second-order valence-electron chi connectivity index (χ2n) is 8.90. The molecule has 2 aromatic heterocycles. The Morgan fingerprint density at radius 2 is 1.86 bits per heavy atom. The average Bonchev–Trinajstić information content (AvgIpc) is 2.86. The summed E-state index contributed by atoms with van der Waals surface area (Å²) >= 11 is 0. The number of carbonyl (C=O) groups is 1. The molecule has 10 heteroatoms. The summed E-state index contributed by atoms with van der Waals surface area (Å²) in [6.45, 7) is 4.73. The highest BCUT2D eigenvalue weighted by Crippen LogP contribution is 2.27. The molecule has 0 saturated heterocycles. The number of fused-ring (bicyclic) bond motifs is 1. The highest BCUT2D eigenvalue weighted by atomic mass is 35.5. The summed E-state index contributed by atoms with van der Waals surface area (Å²) in [5, 5.41) is 19.3. The first-order chi connectivity index (χ1) is 16.5. The minimum atomic E-state index is -0.255. The molecule has 194 valence electrons. The predicted molar refractivity (Wildman–Crippen MR) is 150 cm³/mol. The van der Waals surface area contributed by atoms with E-state index in [1.807, 2.05) is 37.3 Å². The minimum Gasteiger partial charge on any atom is -0.365 e. The Labute approximate surface area is 224 Å². The monoisotopic (exact) mass is 531 g/mol. The number of carbonyl (C=O) groups excluding carboxylic acids is 1. The van der Waals surface area contributed by atoms with Gasteiger partial charge in [-0.2, -0.15) is 0 Å². The lowest BCUT2D eigenvalue weighted by molar-refractivity contribution is 0.0943. The molecule has 2 atom stereocenters. The lowest BCUT2D eigenvalue weighted by Gasteiger charge is -2.34. The summed E-state index contributed by atoms with van der Waals surface area (Å²) < 4.78 is 0. The Balaban J connectivity index is 0.00000228. The van der Waals surface area contributed by atoms with E-state index < -0.39 is 0 Å². The zero-order valence-electron chi connectivity index (χ0n) is 20.7. The van der Waals surface area contributed by atoms with Gasteiger partial charge in [-0.25, -0.2) is 9.97 Å². The molecule has 1 amide bonds. The fraction of sp³-hybridized carbons (Fsp3) is 0.423. The predicted octanol–water partition coefficient (Wildman–Crippen LogP) is 5.04. The summed E-state index contributed by atoms with van der Waals surface area (Å²) in [5.74, 6) is 0.904. The molecule has 1 aliphatic rings. The summed E-state index contributed by atoms with van der Waals surface area (Å²) in [4.78, 5) is 26.2. The number of amidine groups is 1. The van der Waals surface area contributed by atoms with Gasteiger partial charge in [0.05, 0.1) is 5.52 Å². The summed E-state index contributed by atoms with van der Waals surface area (Å²) in [6.07, 6.45) is 7.71. The number of unbranched alkanes of at least 4 members (excludes halogenated alkanes) is 1. The second-order valence-corrected chi connectivity index (χ2v) is 8.90. The molecule has 0 spiro atoms. The fourth-order valence-electron chi connectivity index (χ4n) is 4.33. The number of pyridine rings is 1. The number of amides is 1. The molecule has 3 aromatic rings. The molecule has 36 heavy (non-hydrogen) atoms. The Bertz CT molecular complexity index is 1160. The molecule has 0 unspecified atom stereocenters. The van der Waals surface area contributed by atoms with Crippen molar-refractivity contribution in [3.05, 3.63) is 59.7 Å². The molecule has 1 fully saturated rings. The van der Waals surface area contributed by atoms with Crippen molar-refractivity contribution in [3.63, 3.8) is 0 Å². The molecule has 4 N–H and O–H groups in total. The molecule has 0 bridgehead atoms. The number of halogens is 2. The van der Waals surface area contributed by atoms with Crippen molar-refractivity contribution in [2.24, 2.45) is 0 Å². The molecule has 0 radical (unpaired) electrons. The van der Waals surface area contributed by atoms with Crippen LogP contribution in [0.25, 0.3) is 10.9 Å². The van der Waals surface area contributed by atoms with Crippen LogP contribution in [-0.2, 0) is 0 Å². The van der Waals surface area contributed by atoms with E-state index in [0.29, 0.717) is 23.9 Å². The normalized spacial score (nSPS) is 16.8. The van der Waals surface area contributed by atoms with Gasteiger partial charge in [-0.15, -0.1) is 24.8 Å². The quantitative estimate of drug-likeness (QED) is 0.184.